The molecule has 4 saturated carbocycles. The van der Waals surface area contributed by atoms with Gasteiger partial charge in [-0.15, -0.1) is 0 Å². The summed E-state index contributed by atoms with van der Waals surface area (Å²) in [5.74, 6) is 1.61. The van der Waals surface area contributed by atoms with Crippen LogP contribution in [0.15, 0.2) is 11.6 Å². The second-order valence-corrected chi connectivity index (χ2v) is 12.1. The van der Waals surface area contributed by atoms with Crippen molar-refractivity contribution in [1.29, 1.82) is 0 Å². The molecule has 0 aliphatic heterocycles. The number of methoxy groups -OCH3 is 1. The molecule has 4 nitrogen and oxygen atoms in total. The highest BCUT2D eigenvalue weighted by molar-refractivity contribution is 5.98. The highest BCUT2D eigenvalue weighted by Crippen LogP contribution is 2.74. The Kier molecular flexibility index (Phi) is 4.68. The molecule has 0 aromatic rings. The summed E-state index contributed by atoms with van der Waals surface area (Å²) >= 11 is 0. The predicted octanol–water partition coefficient (Wildman–Crippen LogP) is 5.15. The first-order valence-corrected chi connectivity index (χ1v) is 12.5. The summed E-state index contributed by atoms with van der Waals surface area (Å²) in [5.41, 5.74) is 0.777. The summed E-state index contributed by atoms with van der Waals surface area (Å²) in [6.07, 6.45) is 9.25. The molecule has 2 bridgehead atoms. The average Bonchev–Trinajstić information content (AvgIpc) is 2.74. The molecule has 6 aliphatic carbocycles. The molecule has 0 saturated heterocycles. The van der Waals surface area contributed by atoms with Crippen LogP contribution in [0.4, 0.5) is 0 Å². The van der Waals surface area contributed by atoms with Crippen LogP contribution in [-0.2, 0) is 19.1 Å². The molecule has 4 fully saturated rings. The normalized spacial score (nSPS) is 48.6. The van der Waals surface area contributed by atoms with Crippen LogP contribution in [0.3, 0.4) is 0 Å². The molecule has 8 atom stereocenters. The van der Waals surface area contributed by atoms with Gasteiger partial charge in [0.15, 0.2) is 0 Å². The zero-order chi connectivity index (χ0) is 22.3. The standard InChI is InChI=1S/C27H38O4/c1-15(2)17-14-27-12-9-20-25(3,10-6-11-26(20,4)24(30)31-5)21(27)13-16(17)22-18(28)7-8-19(29)23(22)27/h14-16,20-23H,6-13H2,1-5H3/t16-,20+,21+,22+,23-,25+,26-,27+/m1/s1. The third-order valence-corrected chi connectivity index (χ3v) is 10.7. The maximum absolute atomic E-state index is 13.4. The highest BCUT2D eigenvalue weighted by atomic mass is 16.5. The van der Waals surface area contributed by atoms with Gasteiger partial charge in [0.05, 0.1) is 12.5 Å². The molecule has 1 spiro atoms. The predicted molar refractivity (Wildman–Crippen MR) is 118 cm³/mol. The van der Waals surface area contributed by atoms with E-state index in [9.17, 15) is 14.4 Å². The smallest absolute Gasteiger partial charge is 0.311 e. The van der Waals surface area contributed by atoms with Gasteiger partial charge in [-0.2, -0.15) is 0 Å². The molecule has 31 heavy (non-hydrogen) atoms. The van der Waals surface area contributed by atoms with Gasteiger partial charge in [0.2, 0.25) is 0 Å². The Balaban J connectivity index is 1.65. The van der Waals surface area contributed by atoms with E-state index in [0.717, 1.165) is 38.5 Å². The van der Waals surface area contributed by atoms with Crippen LogP contribution in [0.5, 0.6) is 0 Å². The molecule has 0 aromatic carbocycles. The minimum atomic E-state index is -0.448. The third kappa shape index (κ3) is 2.57. The molecule has 0 unspecified atom stereocenters. The van der Waals surface area contributed by atoms with Gasteiger partial charge in [0, 0.05) is 30.1 Å². The van der Waals surface area contributed by atoms with E-state index in [0.29, 0.717) is 36.2 Å². The Morgan fingerprint density at radius 3 is 2.45 bits per heavy atom. The largest absolute Gasteiger partial charge is 0.469 e. The SMILES string of the molecule is COC(=O)[C@]1(C)CCC[C@]2(C)[C@@H]3C[C@@H]4C(C(C)C)=C[C@]3(CC[C@@H]21)[C@@H]1C(=O)CCC(=O)[C@H]41. The molecular weight excluding hydrogens is 388 g/mol. The first kappa shape index (κ1) is 21.4. The van der Waals surface area contributed by atoms with E-state index in [-0.39, 0.29) is 40.5 Å². The van der Waals surface area contributed by atoms with Crippen LogP contribution in [0.1, 0.15) is 79.1 Å². The first-order chi connectivity index (χ1) is 14.6. The minimum absolute atomic E-state index is 0.00242. The lowest BCUT2D eigenvalue weighted by Crippen LogP contribution is -2.67. The van der Waals surface area contributed by atoms with Crippen LogP contribution in [0.25, 0.3) is 0 Å². The van der Waals surface area contributed by atoms with Gasteiger partial charge in [-0.3, -0.25) is 14.4 Å². The maximum Gasteiger partial charge on any atom is 0.311 e. The van der Waals surface area contributed by atoms with E-state index in [1.807, 2.05) is 0 Å². The molecule has 170 valence electrons. The molecule has 0 amide bonds. The lowest BCUT2D eigenvalue weighted by molar-refractivity contribution is -0.201. The third-order valence-electron chi connectivity index (χ3n) is 10.7. The van der Waals surface area contributed by atoms with E-state index in [1.165, 1.54) is 12.7 Å². The Morgan fingerprint density at radius 1 is 1.06 bits per heavy atom. The van der Waals surface area contributed by atoms with Gasteiger partial charge in [0.1, 0.15) is 11.6 Å². The van der Waals surface area contributed by atoms with Crippen molar-refractivity contribution in [3.8, 4) is 0 Å². The van der Waals surface area contributed by atoms with Crippen LogP contribution >= 0.6 is 0 Å². The molecule has 4 heteroatoms. The van der Waals surface area contributed by atoms with Gasteiger partial charge >= 0.3 is 5.97 Å². The number of carbonyl (C=O) groups excluding carboxylic acids is 3. The van der Waals surface area contributed by atoms with E-state index in [4.69, 9.17) is 4.74 Å². The quantitative estimate of drug-likeness (QED) is 0.453. The number of hydrogen-bond donors (Lipinski definition) is 0. The zero-order valence-corrected chi connectivity index (χ0v) is 19.8. The number of Topliss-reactive ketones (excluding diaryl/α,β-unsaturated/α-hetero) is 2. The zero-order valence-electron chi connectivity index (χ0n) is 19.8. The monoisotopic (exact) mass is 426 g/mol. The van der Waals surface area contributed by atoms with Crippen LogP contribution < -0.4 is 0 Å². The van der Waals surface area contributed by atoms with Crippen molar-refractivity contribution < 1.29 is 19.1 Å². The second kappa shape index (κ2) is 6.78. The second-order valence-electron chi connectivity index (χ2n) is 12.1. The van der Waals surface area contributed by atoms with Gasteiger partial charge in [-0.25, -0.2) is 0 Å². The van der Waals surface area contributed by atoms with Crippen molar-refractivity contribution >= 4 is 17.5 Å². The fourth-order valence-electron chi connectivity index (χ4n) is 9.56. The van der Waals surface area contributed by atoms with E-state index < -0.39 is 5.41 Å². The Bertz CT molecular complexity index is 870. The van der Waals surface area contributed by atoms with Crippen molar-refractivity contribution in [3.63, 3.8) is 0 Å². The number of carbonyl (C=O) groups is 3. The van der Waals surface area contributed by atoms with Crippen LogP contribution in [-0.4, -0.2) is 24.6 Å². The van der Waals surface area contributed by atoms with Crippen molar-refractivity contribution in [2.75, 3.05) is 7.11 Å². The molecule has 0 heterocycles. The Labute approximate surface area is 186 Å². The summed E-state index contributed by atoms with van der Waals surface area (Å²) in [6.45, 7) is 9.00. The molecule has 6 aliphatic rings. The number of rotatable bonds is 2. The van der Waals surface area contributed by atoms with E-state index in [2.05, 4.69) is 33.8 Å². The topological polar surface area (TPSA) is 60.4 Å². The summed E-state index contributed by atoms with van der Waals surface area (Å²) in [4.78, 5) is 39.5. The van der Waals surface area contributed by atoms with E-state index >= 15 is 0 Å². The summed E-state index contributed by atoms with van der Waals surface area (Å²) in [5, 5.41) is 0. The fraction of sp³-hybridized carbons (Fsp3) is 0.815. The lowest BCUT2D eigenvalue weighted by atomic mass is 9.33. The maximum atomic E-state index is 13.4. The molecule has 6 rings (SSSR count). The fourth-order valence-corrected chi connectivity index (χ4v) is 9.56. The average molecular weight is 427 g/mol. The van der Waals surface area contributed by atoms with E-state index in [1.54, 1.807) is 0 Å². The summed E-state index contributed by atoms with van der Waals surface area (Å²) in [6, 6.07) is 0. The number of ether oxygens (including phenoxy) is 1. The van der Waals surface area contributed by atoms with Crippen molar-refractivity contribution in [2.45, 2.75) is 79.1 Å². The van der Waals surface area contributed by atoms with Crippen LogP contribution in [0.2, 0.25) is 0 Å². The number of fused-ring (bicyclic) bond motifs is 1. The number of esters is 1. The van der Waals surface area contributed by atoms with Gasteiger partial charge in [-0.1, -0.05) is 38.8 Å². The number of hydrogen-bond acceptors (Lipinski definition) is 4. The summed E-state index contributed by atoms with van der Waals surface area (Å²) < 4.78 is 5.30. The highest BCUT2D eigenvalue weighted by Gasteiger charge is 2.70. The van der Waals surface area contributed by atoms with Gasteiger partial charge in [-0.05, 0) is 68.1 Å². The summed E-state index contributed by atoms with van der Waals surface area (Å²) in [7, 11) is 1.51. The number of allylic oxidation sites excluding steroid dienone is 2. The van der Waals surface area contributed by atoms with Crippen LogP contribution in [0, 0.1) is 51.8 Å². The Hall–Kier alpha value is -1.45. The van der Waals surface area contributed by atoms with Crippen molar-refractivity contribution in [3.05, 3.63) is 11.6 Å². The van der Waals surface area contributed by atoms with Crippen molar-refractivity contribution in [1.82, 2.24) is 0 Å². The van der Waals surface area contributed by atoms with Crippen molar-refractivity contribution in [2.24, 2.45) is 51.8 Å². The molecule has 0 radical (unpaired) electrons. The van der Waals surface area contributed by atoms with Gasteiger partial charge in [0.25, 0.3) is 0 Å². The molecule has 0 aromatic heterocycles. The first-order valence-electron chi connectivity index (χ1n) is 12.5. The Morgan fingerprint density at radius 2 is 1.77 bits per heavy atom. The van der Waals surface area contributed by atoms with Gasteiger partial charge < -0.3 is 4.74 Å². The minimum Gasteiger partial charge on any atom is -0.469 e. The number of ketones is 2. The molecular formula is C27H38O4. The lowest BCUT2D eigenvalue weighted by Gasteiger charge is -2.70. The molecule has 0 N–H and O–H groups in total.